The first kappa shape index (κ1) is 34.5. The van der Waals surface area contributed by atoms with Crippen molar-refractivity contribution in [2.45, 2.75) is 0 Å². The quantitative estimate of drug-likeness (QED) is 0.163. The highest BCUT2D eigenvalue weighted by Gasteiger charge is 2.22. The summed E-state index contributed by atoms with van der Waals surface area (Å²) in [7, 11) is 0. The third-order valence-electron chi connectivity index (χ3n) is 12.7. The normalized spacial score (nSPS) is 11.9. The van der Waals surface area contributed by atoms with Gasteiger partial charge in [0.2, 0.25) is 0 Å². The molecule has 0 saturated carbocycles. The summed E-state index contributed by atoms with van der Waals surface area (Å²) in [6.45, 7) is 0. The van der Waals surface area contributed by atoms with Crippen LogP contribution in [0.25, 0.3) is 121 Å². The van der Waals surface area contributed by atoms with Crippen LogP contribution >= 0.6 is 0 Å². The zero-order chi connectivity index (χ0) is 40.7. The van der Waals surface area contributed by atoms with E-state index in [4.69, 9.17) is 9.97 Å². The molecule has 0 saturated heterocycles. The molecule has 288 valence electrons. The Morgan fingerprint density at radius 2 is 0.742 bits per heavy atom. The van der Waals surface area contributed by atoms with E-state index in [1.165, 1.54) is 60.1 Å². The van der Waals surface area contributed by atoms with Gasteiger partial charge < -0.3 is 9.13 Å². The number of hydrogen-bond donors (Lipinski definition) is 0. The third-order valence-corrected chi connectivity index (χ3v) is 12.7. The van der Waals surface area contributed by atoms with Gasteiger partial charge >= 0.3 is 0 Å². The SMILES string of the molecule is c1ccc(-c2cc(-c3ccccc3)cc(-n3c4ccccc4c4ccc5c6ccccc6n(-c6cccc(-c7cnc8c9ccccc9c9ccccc9c8n7)c6)c5c43)c2)cc1. The fourth-order valence-electron chi connectivity index (χ4n) is 9.94. The average molecular weight is 789 g/mol. The first-order valence-corrected chi connectivity index (χ1v) is 21.2. The van der Waals surface area contributed by atoms with Crippen LogP contribution in [-0.4, -0.2) is 19.1 Å². The van der Waals surface area contributed by atoms with E-state index in [1.807, 2.05) is 6.20 Å². The standard InChI is InChI=1S/C58H36N4/c1-3-16-37(17-4-1)40-32-41(38-18-5-2-6-19-38)35-43(34-40)62-54-29-14-12-25-47(54)51-31-30-50-46-24-11-13-28-53(46)61(57(50)58(51)62)42-21-15-20-39(33-42)52-36-59-55-48-26-9-7-22-44(48)45-23-8-10-27-49(45)56(55)60-52/h1-36H. The highest BCUT2D eigenvalue weighted by molar-refractivity contribution is 6.25. The van der Waals surface area contributed by atoms with Crippen molar-refractivity contribution >= 4 is 76.2 Å². The Balaban J connectivity index is 1.10. The lowest BCUT2D eigenvalue weighted by Crippen LogP contribution is -2.00. The summed E-state index contributed by atoms with van der Waals surface area (Å²) < 4.78 is 4.96. The Kier molecular flexibility index (Phi) is 7.57. The predicted octanol–water partition coefficient (Wildman–Crippen LogP) is 15.1. The van der Waals surface area contributed by atoms with Crippen LogP contribution in [0.1, 0.15) is 0 Å². The second kappa shape index (κ2) is 13.6. The van der Waals surface area contributed by atoms with Gasteiger partial charge in [-0.3, -0.25) is 4.98 Å². The Morgan fingerprint density at radius 1 is 0.290 bits per heavy atom. The van der Waals surface area contributed by atoms with Crippen molar-refractivity contribution in [2.24, 2.45) is 0 Å². The number of fused-ring (bicyclic) bond motifs is 13. The van der Waals surface area contributed by atoms with E-state index in [0.29, 0.717) is 0 Å². The minimum atomic E-state index is 0.839. The molecule has 13 rings (SSSR count). The van der Waals surface area contributed by atoms with Gasteiger partial charge in [-0.25, -0.2) is 4.98 Å². The number of para-hydroxylation sites is 2. The Labute approximate surface area is 357 Å². The zero-order valence-electron chi connectivity index (χ0n) is 33.6. The molecular weight excluding hydrogens is 753 g/mol. The van der Waals surface area contributed by atoms with Crippen LogP contribution in [0.5, 0.6) is 0 Å². The highest BCUT2D eigenvalue weighted by atomic mass is 15.0. The van der Waals surface area contributed by atoms with Gasteiger partial charge in [0, 0.05) is 49.3 Å². The molecule has 0 aliphatic rings. The van der Waals surface area contributed by atoms with Gasteiger partial charge in [0.1, 0.15) is 0 Å². The van der Waals surface area contributed by atoms with Gasteiger partial charge in [-0.05, 0) is 75.5 Å². The second-order valence-corrected chi connectivity index (χ2v) is 16.2. The van der Waals surface area contributed by atoms with E-state index in [1.54, 1.807) is 0 Å². The summed E-state index contributed by atoms with van der Waals surface area (Å²) in [4.78, 5) is 10.5. The molecule has 0 unspecified atom stereocenters. The third kappa shape index (κ3) is 5.20. The zero-order valence-corrected chi connectivity index (χ0v) is 33.6. The van der Waals surface area contributed by atoms with Gasteiger partial charge in [-0.15, -0.1) is 0 Å². The highest BCUT2D eigenvalue weighted by Crippen LogP contribution is 2.43. The lowest BCUT2D eigenvalue weighted by Gasteiger charge is -2.16. The van der Waals surface area contributed by atoms with E-state index in [-0.39, 0.29) is 0 Å². The van der Waals surface area contributed by atoms with Crippen molar-refractivity contribution in [1.29, 1.82) is 0 Å². The Bertz CT molecular complexity index is 3820. The Hall–Kier alpha value is -8.34. The van der Waals surface area contributed by atoms with Crippen molar-refractivity contribution in [3.63, 3.8) is 0 Å². The largest absolute Gasteiger partial charge is 0.307 e. The minimum absolute atomic E-state index is 0.839. The summed E-state index contributed by atoms with van der Waals surface area (Å²) in [5.74, 6) is 0. The summed E-state index contributed by atoms with van der Waals surface area (Å²) in [5.41, 5.74) is 15.2. The van der Waals surface area contributed by atoms with Crippen LogP contribution in [0.2, 0.25) is 0 Å². The first-order valence-electron chi connectivity index (χ1n) is 21.2. The van der Waals surface area contributed by atoms with Gasteiger partial charge in [-0.1, -0.05) is 170 Å². The predicted molar refractivity (Wildman–Crippen MR) is 260 cm³/mol. The fraction of sp³-hybridized carbons (Fsp3) is 0. The Morgan fingerprint density at radius 3 is 1.32 bits per heavy atom. The number of aromatic nitrogens is 4. The smallest absolute Gasteiger partial charge is 0.0979 e. The number of rotatable bonds is 5. The lowest BCUT2D eigenvalue weighted by molar-refractivity contribution is 1.15. The van der Waals surface area contributed by atoms with Gasteiger partial charge in [0.15, 0.2) is 0 Å². The summed E-state index contributed by atoms with van der Waals surface area (Å²) in [5, 5.41) is 9.43. The van der Waals surface area contributed by atoms with Gasteiger partial charge in [-0.2, -0.15) is 0 Å². The molecule has 0 aliphatic carbocycles. The number of nitrogens with zero attached hydrogens (tertiary/aromatic N) is 4. The molecule has 4 heteroatoms. The second-order valence-electron chi connectivity index (χ2n) is 16.2. The fourth-order valence-corrected chi connectivity index (χ4v) is 9.94. The van der Waals surface area contributed by atoms with Crippen molar-refractivity contribution in [2.75, 3.05) is 0 Å². The lowest BCUT2D eigenvalue weighted by atomic mass is 9.98. The van der Waals surface area contributed by atoms with Crippen LogP contribution in [0, 0.1) is 0 Å². The van der Waals surface area contributed by atoms with Crippen molar-refractivity contribution in [3.05, 3.63) is 219 Å². The molecule has 0 atom stereocenters. The van der Waals surface area contributed by atoms with Crippen LogP contribution in [0.4, 0.5) is 0 Å². The molecule has 4 nitrogen and oxygen atoms in total. The topological polar surface area (TPSA) is 35.6 Å². The average Bonchev–Trinajstić information content (AvgIpc) is 3.88. The molecule has 0 radical (unpaired) electrons. The molecule has 0 amide bonds. The van der Waals surface area contributed by atoms with Crippen LogP contribution in [0.15, 0.2) is 219 Å². The van der Waals surface area contributed by atoms with Crippen molar-refractivity contribution < 1.29 is 0 Å². The molecule has 0 N–H and O–H groups in total. The first-order chi connectivity index (χ1) is 30.8. The van der Waals surface area contributed by atoms with Gasteiger partial charge in [0.25, 0.3) is 0 Å². The molecule has 0 bridgehead atoms. The molecule has 10 aromatic carbocycles. The molecule has 0 spiro atoms. The molecule has 3 aromatic heterocycles. The van der Waals surface area contributed by atoms with Crippen LogP contribution in [0.3, 0.4) is 0 Å². The maximum atomic E-state index is 5.39. The van der Waals surface area contributed by atoms with E-state index in [9.17, 15) is 0 Å². The monoisotopic (exact) mass is 788 g/mol. The number of hydrogen-bond acceptors (Lipinski definition) is 2. The molecule has 0 aliphatic heterocycles. The molecule has 62 heavy (non-hydrogen) atoms. The van der Waals surface area contributed by atoms with Crippen LogP contribution in [-0.2, 0) is 0 Å². The summed E-state index contributed by atoms with van der Waals surface area (Å²) in [6, 6.07) is 76.6. The summed E-state index contributed by atoms with van der Waals surface area (Å²) in [6.07, 6.45) is 1.94. The molecule has 0 fully saturated rings. The number of benzene rings is 10. The van der Waals surface area contributed by atoms with Crippen molar-refractivity contribution in [1.82, 2.24) is 19.1 Å². The van der Waals surface area contributed by atoms with E-state index < -0.39 is 0 Å². The minimum Gasteiger partial charge on any atom is -0.307 e. The molecule has 3 heterocycles. The summed E-state index contributed by atoms with van der Waals surface area (Å²) >= 11 is 0. The van der Waals surface area contributed by atoms with E-state index in [2.05, 4.69) is 221 Å². The maximum absolute atomic E-state index is 5.39. The maximum Gasteiger partial charge on any atom is 0.0979 e. The van der Waals surface area contributed by atoms with Gasteiger partial charge in [0.05, 0.1) is 45.0 Å². The molecule has 13 aromatic rings. The van der Waals surface area contributed by atoms with Crippen LogP contribution < -0.4 is 0 Å². The van der Waals surface area contributed by atoms with E-state index in [0.717, 1.165) is 61.0 Å². The van der Waals surface area contributed by atoms with E-state index >= 15 is 0 Å². The van der Waals surface area contributed by atoms with Crippen molar-refractivity contribution in [3.8, 4) is 44.9 Å². The molecular formula is C58H36N4.